The zero-order chi connectivity index (χ0) is 13.4. The molecule has 1 aromatic rings. The highest BCUT2D eigenvalue weighted by molar-refractivity contribution is 5.90. The lowest BCUT2D eigenvalue weighted by atomic mass is 10.2. The molecule has 0 unspecified atom stereocenters. The zero-order valence-electron chi connectivity index (χ0n) is 10.9. The Morgan fingerprint density at radius 2 is 1.89 bits per heavy atom. The van der Waals surface area contributed by atoms with Crippen molar-refractivity contribution in [1.82, 2.24) is 0 Å². The van der Waals surface area contributed by atoms with Gasteiger partial charge in [-0.25, -0.2) is 0 Å². The molecule has 0 fully saturated rings. The summed E-state index contributed by atoms with van der Waals surface area (Å²) in [4.78, 5) is 21.8. The van der Waals surface area contributed by atoms with Gasteiger partial charge in [0.2, 0.25) is 5.91 Å². The van der Waals surface area contributed by atoms with Gasteiger partial charge in [-0.3, -0.25) is 4.79 Å². The standard InChI is InChI=1S/C14H19NO3/c1-11(16)7-5-6-10-18-14-9-4-3-8-13(14)15-12(2)17/h3-4,8-9H,5-7,10H2,1-2H3,(H,15,17). The van der Waals surface area contributed by atoms with Crippen molar-refractivity contribution in [3.05, 3.63) is 24.3 Å². The molecule has 0 aliphatic rings. The van der Waals surface area contributed by atoms with Gasteiger partial charge in [0.05, 0.1) is 12.3 Å². The Labute approximate surface area is 107 Å². The molecule has 1 rings (SSSR count). The van der Waals surface area contributed by atoms with E-state index >= 15 is 0 Å². The summed E-state index contributed by atoms with van der Waals surface area (Å²) in [6.07, 6.45) is 2.25. The van der Waals surface area contributed by atoms with Gasteiger partial charge in [-0.15, -0.1) is 0 Å². The SMILES string of the molecule is CC(=O)CCCCOc1ccccc1NC(C)=O. The molecule has 0 saturated heterocycles. The van der Waals surface area contributed by atoms with E-state index in [-0.39, 0.29) is 11.7 Å². The Bertz CT molecular complexity index is 415. The molecule has 0 radical (unpaired) electrons. The maximum Gasteiger partial charge on any atom is 0.221 e. The van der Waals surface area contributed by atoms with Crippen molar-refractivity contribution in [3.8, 4) is 5.75 Å². The van der Waals surface area contributed by atoms with E-state index in [0.29, 0.717) is 24.5 Å². The van der Waals surface area contributed by atoms with Gasteiger partial charge in [0, 0.05) is 13.3 Å². The molecule has 1 amide bonds. The van der Waals surface area contributed by atoms with Gasteiger partial charge in [0.25, 0.3) is 0 Å². The van der Waals surface area contributed by atoms with E-state index in [1.54, 1.807) is 13.0 Å². The third-order valence-electron chi connectivity index (χ3n) is 2.38. The van der Waals surface area contributed by atoms with Crippen LogP contribution in [-0.4, -0.2) is 18.3 Å². The first-order chi connectivity index (χ1) is 8.59. The molecule has 0 atom stereocenters. The van der Waals surface area contributed by atoms with Crippen LogP contribution in [0.25, 0.3) is 0 Å². The number of carbonyl (C=O) groups is 2. The van der Waals surface area contributed by atoms with Crippen molar-refractivity contribution in [1.29, 1.82) is 0 Å². The molecule has 0 aliphatic heterocycles. The third kappa shape index (κ3) is 5.48. The fraction of sp³-hybridized carbons (Fsp3) is 0.429. The highest BCUT2D eigenvalue weighted by atomic mass is 16.5. The molecule has 18 heavy (non-hydrogen) atoms. The third-order valence-corrected chi connectivity index (χ3v) is 2.38. The van der Waals surface area contributed by atoms with E-state index in [9.17, 15) is 9.59 Å². The van der Waals surface area contributed by atoms with E-state index in [0.717, 1.165) is 12.8 Å². The minimum absolute atomic E-state index is 0.123. The molecule has 1 N–H and O–H groups in total. The number of ketones is 1. The average molecular weight is 249 g/mol. The van der Waals surface area contributed by atoms with Crippen LogP contribution in [0, 0.1) is 0 Å². The van der Waals surface area contributed by atoms with Gasteiger partial charge < -0.3 is 14.8 Å². The lowest BCUT2D eigenvalue weighted by Crippen LogP contribution is -2.08. The predicted octanol–water partition coefficient (Wildman–Crippen LogP) is 2.78. The lowest BCUT2D eigenvalue weighted by Gasteiger charge is -2.11. The number of unbranched alkanes of at least 4 members (excludes halogenated alkanes) is 1. The van der Waals surface area contributed by atoms with Crippen LogP contribution in [0.1, 0.15) is 33.1 Å². The molecule has 0 heterocycles. The quantitative estimate of drug-likeness (QED) is 0.756. The monoisotopic (exact) mass is 249 g/mol. The first kappa shape index (κ1) is 14.2. The highest BCUT2D eigenvalue weighted by Gasteiger charge is 2.04. The summed E-state index contributed by atoms with van der Waals surface area (Å²) in [7, 11) is 0. The molecule has 0 bridgehead atoms. The molecule has 4 nitrogen and oxygen atoms in total. The van der Waals surface area contributed by atoms with Crippen molar-refractivity contribution in [2.45, 2.75) is 33.1 Å². The largest absolute Gasteiger partial charge is 0.491 e. The summed E-state index contributed by atoms with van der Waals surface area (Å²) >= 11 is 0. The fourth-order valence-corrected chi connectivity index (χ4v) is 1.54. The smallest absolute Gasteiger partial charge is 0.221 e. The van der Waals surface area contributed by atoms with Crippen LogP contribution in [0.5, 0.6) is 5.75 Å². The maximum atomic E-state index is 11.0. The summed E-state index contributed by atoms with van der Waals surface area (Å²) < 4.78 is 5.59. The molecular weight excluding hydrogens is 230 g/mol. The van der Waals surface area contributed by atoms with Gasteiger partial charge in [-0.05, 0) is 31.9 Å². The summed E-state index contributed by atoms with van der Waals surface area (Å²) in [6.45, 7) is 3.60. The fourth-order valence-electron chi connectivity index (χ4n) is 1.54. The molecule has 98 valence electrons. The van der Waals surface area contributed by atoms with Crippen molar-refractivity contribution in [2.75, 3.05) is 11.9 Å². The van der Waals surface area contributed by atoms with Gasteiger partial charge in [0.1, 0.15) is 11.5 Å². The second kappa shape index (κ2) is 7.48. The molecule has 0 aromatic heterocycles. The Balaban J connectivity index is 2.41. The van der Waals surface area contributed by atoms with Crippen LogP contribution in [0.4, 0.5) is 5.69 Å². The minimum Gasteiger partial charge on any atom is -0.491 e. The lowest BCUT2D eigenvalue weighted by molar-refractivity contribution is -0.117. The molecule has 0 spiro atoms. The Morgan fingerprint density at radius 3 is 2.56 bits per heavy atom. The maximum absolute atomic E-state index is 11.0. The second-order valence-electron chi connectivity index (χ2n) is 4.18. The number of amides is 1. The van der Waals surface area contributed by atoms with Crippen molar-refractivity contribution < 1.29 is 14.3 Å². The summed E-state index contributed by atoms with van der Waals surface area (Å²) in [5, 5.41) is 2.71. The van der Waals surface area contributed by atoms with E-state index in [1.807, 2.05) is 18.2 Å². The number of para-hydroxylation sites is 2. The minimum atomic E-state index is -0.123. The van der Waals surface area contributed by atoms with Crippen LogP contribution in [-0.2, 0) is 9.59 Å². The number of nitrogens with one attached hydrogen (secondary N) is 1. The van der Waals surface area contributed by atoms with Crippen molar-refractivity contribution in [3.63, 3.8) is 0 Å². The van der Waals surface area contributed by atoms with Gasteiger partial charge in [-0.2, -0.15) is 0 Å². The molecule has 1 aromatic carbocycles. The Morgan fingerprint density at radius 1 is 1.17 bits per heavy atom. The van der Waals surface area contributed by atoms with Crippen molar-refractivity contribution in [2.24, 2.45) is 0 Å². The number of hydrogen-bond acceptors (Lipinski definition) is 3. The summed E-state index contributed by atoms with van der Waals surface area (Å²) in [6, 6.07) is 7.31. The number of ether oxygens (including phenoxy) is 1. The predicted molar refractivity (Wildman–Crippen MR) is 70.8 cm³/mol. The number of benzene rings is 1. The van der Waals surface area contributed by atoms with Gasteiger partial charge in [0.15, 0.2) is 0 Å². The number of rotatable bonds is 7. The van der Waals surface area contributed by atoms with Crippen LogP contribution >= 0.6 is 0 Å². The molecule has 0 saturated carbocycles. The van der Waals surface area contributed by atoms with Crippen LogP contribution < -0.4 is 10.1 Å². The first-order valence-electron chi connectivity index (χ1n) is 6.08. The highest BCUT2D eigenvalue weighted by Crippen LogP contribution is 2.23. The molecule has 0 aliphatic carbocycles. The molecule has 4 heteroatoms. The average Bonchev–Trinajstić information content (AvgIpc) is 2.29. The normalized spacial score (nSPS) is 9.89. The van der Waals surface area contributed by atoms with E-state index < -0.39 is 0 Å². The summed E-state index contributed by atoms with van der Waals surface area (Å²) in [5.41, 5.74) is 0.677. The zero-order valence-corrected chi connectivity index (χ0v) is 10.9. The number of anilines is 1. The van der Waals surface area contributed by atoms with Crippen LogP contribution in [0.15, 0.2) is 24.3 Å². The second-order valence-corrected chi connectivity index (χ2v) is 4.18. The number of carbonyl (C=O) groups excluding carboxylic acids is 2. The van der Waals surface area contributed by atoms with Crippen LogP contribution in [0.2, 0.25) is 0 Å². The first-order valence-corrected chi connectivity index (χ1v) is 6.08. The van der Waals surface area contributed by atoms with Gasteiger partial charge >= 0.3 is 0 Å². The van der Waals surface area contributed by atoms with Gasteiger partial charge in [-0.1, -0.05) is 12.1 Å². The van der Waals surface area contributed by atoms with E-state index in [1.165, 1.54) is 6.92 Å². The van der Waals surface area contributed by atoms with Crippen LogP contribution in [0.3, 0.4) is 0 Å². The topological polar surface area (TPSA) is 55.4 Å². The Hall–Kier alpha value is -1.84. The summed E-state index contributed by atoms with van der Waals surface area (Å²) in [5.74, 6) is 0.742. The molecular formula is C14H19NO3. The van der Waals surface area contributed by atoms with E-state index in [4.69, 9.17) is 4.74 Å². The van der Waals surface area contributed by atoms with E-state index in [2.05, 4.69) is 5.32 Å². The Kier molecular flexibility index (Phi) is 5.91. The van der Waals surface area contributed by atoms with Crippen molar-refractivity contribution >= 4 is 17.4 Å². The number of Topliss-reactive ketones (excluding diaryl/α,β-unsaturated/α-hetero) is 1. The number of hydrogen-bond donors (Lipinski definition) is 1.